The minimum Gasteiger partial charge on any atom is -0.388 e. The number of benzene rings is 1. The number of hydrogen-bond donors (Lipinski definition) is 1. The molecule has 1 aromatic rings. The topological polar surface area (TPSA) is 40.5 Å². The van der Waals surface area contributed by atoms with Crippen LogP contribution in [-0.2, 0) is 0 Å². The first-order chi connectivity index (χ1) is 8.79. The lowest BCUT2D eigenvalue weighted by Crippen LogP contribution is -2.48. The molecule has 4 heteroatoms. The SMILES string of the molecule is Cc1cc(Cl)cc(C(=O)N2CCCC2C(C)(C)O)c1. The van der Waals surface area contributed by atoms with Gasteiger partial charge in [-0.2, -0.15) is 0 Å². The lowest BCUT2D eigenvalue weighted by molar-refractivity contribution is 0.000335. The summed E-state index contributed by atoms with van der Waals surface area (Å²) >= 11 is 6.01. The second-order valence-electron chi connectivity index (χ2n) is 5.83. The number of rotatable bonds is 2. The minimum absolute atomic E-state index is 0.0461. The Morgan fingerprint density at radius 2 is 2.11 bits per heavy atom. The molecule has 1 aliphatic rings. The van der Waals surface area contributed by atoms with E-state index in [2.05, 4.69) is 0 Å². The van der Waals surface area contributed by atoms with Gasteiger partial charge in [0.2, 0.25) is 0 Å². The number of halogens is 1. The monoisotopic (exact) mass is 281 g/mol. The fourth-order valence-corrected chi connectivity index (χ4v) is 3.06. The van der Waals surface area contributed by atoms with Gasteiger partial charge in [0.15, 0.2) is 0 Å². The molecule has 104 valence electrons. The summed E-state index contributed by atoms with van der Waals surface area (Å²) in [6, 6.07) is 5.24. The van der Waals surface area contributed by atoms with Crippen LogP contribution >= 0.6 is 11.6 Å². The van der Waals surface area contributed by atoms with Crippen molar-refractivity contribution < 1.29 is 9.90 Å². The van der Waals surface area contributed by atoms with Crippen molar-refractivity contribution in [2.24, 2.45) is 0 Å². The van der Waals surface area contributed by atoms with Gasteiger partial charge in [-0.25, -0.2) is 0 Å². The van der Waals surface area contributed by atoms with Crippen LogP contribution in [0.3, 0.4) is 0 Å². The Balaban J connectivity index is 2.28. The Labute approximate surface area is 119 Å². The van der Waals surface area contributed by atoms with Gasteiger partial charge in [0.1, 0.15) is 0 Å². The quantitative estimate of drug-likeness (QED) is 0.905. The Morgan fingerprint density at radius 3 is 2.68 bits per heavy atom. The summed E-state index contributed by atoms with van der Waals surface area (Å²) in [5.74, 6) is -0.0461. The molecular weight excluding hydrogens is 262 g/mol. The molecular formula is C15H20ClNO2. The van der Waals surface area contributed by atoms with Crippen LogP contribution in [-0.4, -0.2) is 34.1 Å². The van der Waals surface area contributed by atoms with E-state index >= 15 is 0 Å². The Kier molecular flexibility index (Phi) is 3.88. The average molecular weight is 282 g/mol. The molecule has 1 amide bonds. The van der Waals surface area contributed by atoms with E-state index in [-0.39, 0.29) is 11.9 Å². The van der Waals surface area contributed by atoms with Crippen molar-refractivity contribution in [3.8, 4) is 0 Å². The maximum Gasteiger partial charge on any atom is 0.254 e. The maximum absolute atomic E-state index is 12.6. The van der Waals surface area contributed by atoms with Crippen LogP contribution in [0, 0.1) is 6.92 Å². The Bertz CT molecular complexity index is 473. The van der Waals surface area contributed by atoms with Gasteiger partial charge in [-0.15, -0.1) is 0 Å². The number of amides is 1. The van der Waals surface area contributed by atoms with E-state index in [1.807, 2.05) is 19.1 Å². The van der Waals surface area contributed by atoms with E-state index in [4.69, 9.17) is 11.6 Å². The smallest absolute Gasteiger partial charge is 0.254 e. The number of aryl methyl sites for hydroxylation is 1. The Hall–Kier alpha value is -1.06. The zero-order valence-corrected chi connectivity index (χ0v) is 12.4. The van der Waals surface area contributed by atoms with Gasteiger partial charge in [-0.3, -0.25) is 4.79 Å². The van der Waals surface area contributed by atoms with Gasteiger partial charge >= 0.3 is 0 Å². The number of carbonyl (C=O) groups excluding carboxylic acids is 1. The first-order valence-electron chi connectivity index (χ1n) is 6.59. The third-order valence-corrected chi connectivity index (χ3v) is 3.84. The van der Waals surface area contributed by atoms with E-state index in [0.717, 1.165) is 18.4 Å². The van der Waals surface area contributed by atoms with Gasteiger partial charge in [-0.1, -0.05) is 11.6 Å². The summed E-state index contributed by atoms with van der Waals surface area (Å²) < 4.78 is 0. The van der Waals surface area contributed by atoms with E-state index in [0.29, 0.717) is 17.1 Å². The highest BCUT2D eigenvalue weighted by molar-refractivity contribution is 6.31. The number of aliphatic hydroxyl groups is 1. The molecule has 2 rings (SSSR count). The molecule has 1 unspecified atom stereocenters. The van der Waals surface area contributed by atoms with E-state index < -0.39 is 5.60 Å². The van der Waals surface area contributed by atoms with Gasteiger partial charge in [0, 0.05) is 17.1 Å². The lowest BCUT2D eigenvalue weighted by Gasteiger charge is -2.34. The van der Waals surface area contributed by atoms with Crippen molar-refractivity contribution >= 4 is 17.5 Å². The Morgan fingerprint density at radius 1 is 1.42 bits per heavy atom. The first kappa shape index (κ1) is 14.4. The average Bonchev–Trinajstić information content (AvgIpc) is 2.74. The van der Waals surface area contributed by atoms with Crippen molar-refractivity contribution in [1.29, 1.82) is 0 Å². The normalized spacial score (nSPS) is 19.8. The van der Waals surface area contributed by atoms with Crippen LogP contribution in [0.25, 0.3) is 0 Å². The van der Waals surface area contributed by atoms with Crippen LogP contribution in [0.5, 0.6) is 0 Å². The minimum atomic E-state index is -0.875. The van der Waals surface area contributed by atoms with Crippen LogP contribution in [0.2, 0.25) is 5.02 Å². The third kappa shape index (κ3) is 3.10. The summed E-state index contributed by atoms with van der Waals surface area (Å²) in [4.78, 5) is 14.3. The molecule has 0 saturated carbocycles. The predicted octanol–water partition coefficient (Wildman–Crippen LogP) is 3.02. The highest BCUT2D eigenvalue weighted by Crippen LogP contribution is 2.28. The zero-order valence-electron chi connectivity index (χ0n) is 11.6. The molecule has 1 aromatic carbocycles. The van der Waals surface area contributed by atoms with Crippen LogP contribution in [0.15, 0.2) is 18.2 Å². The molecule has 3 nitrogen and oxygen atoms in total. The summed E-state index contributed by atoms with van der Waals surface area (Å²) in [5, 5.41) is 10.7. The second-order valence-corrected chi connectivity index (χ2v) is 6.26. The van der Waals surface area contributed by atoms with Crippen molar-refractivity contribution in [2.75, 3.05) is 6.54 Å². The number of hydrogen-bond acceptors (Lipinski definition) is 2. The molecule has 1 aliphatic heterocycles. The highest BCUT2D eigenvalue weighted by atomic mass is 35.5. The fraction of sp³-hybridized carbons (Fsp3) is 0.533. The molecule has 1 saturated heterocycles. The second kappa shape index (κ2) is 5.14. The molecule has 1 atom stereocenters. The molecule has 0 aromatic heterocycles. The van der Waals surface area contributed by atoms with Crippen molar-refractivity contribution in [1.82, 2.24) is 4.90 Å². The van der Waals surface area contributed by atoms with E-state index in [1.54, 1.807) is 24.8 Å². The van der Waals surface area contributed by atoms with Crippen molar-refractivity contribution in [3.63, 3.8) is 0 Å². The van der Waals surface area contributed by atoms with Gasteiger partial charge in [0.05, 0.1) is 11.6 Å². The summed E-state index contributed by atoms with van der Waals surface area (Å²) in [6.07, 6.45) is 1.77. The largest absolute Gasteiger partial charge is 0.388 e. The van der Waals surface area contributed by atoms with E-state index in [1.165, 1.54) is 0 Å². The van der Waals surface area contributed by atoms with Gasteiger partial charge in [0.25, 0.3) is 5.91 Å². The summed E-state index contributed by atoms with van der Waals surface area (Å²) in [5.41, 5.74) is 0.691. The van der Waals surface area contributed by atoms with E-state index in [9.17, 15) is 9.90 Å². The zero-order chi connectivity index (χ0) is 14.2. The van der Waals surface area contributed by atoms with Crippen molar-refractivity contribution in [2.45, 2.75) is 45.3 Å². The summed E-state index contributed by atoms with van der Waals surface area (Å²) in [7, 11) is 0. The van der Waals surface area contributed by atoms with Crippen molar-refractivity contribution in [3.05, 3.63) is 34.3 Å². The molecule has 19 heavy (non-hydrogen) atoms. The van der Waals surface area contributed by atoms with Crippen LogP contribution in [0.1, 0.15) is 42.6 Å². The van der Waals surface area contributed by atoms with Gasteiger partial charge in [-0.05, 0) is 57.4 Å². The number of carbonyl (C=O) groups is 1. The number of nitrogens with zero attached hydrogens (tertiary/aromatic N) is 1. The molecule has 0 aliphatic carbocycles. The molecule has 0 radical (unpaired) electrons. The third-order valence-electron chi connectivity index (χ3n) is 3.62. The fourth-order valence-electron chi connectivity index (χ4n) is 2.77. The molecule has 0 bridgehead atoms. The standard InChI is InChI=1S/C15H20ClNO2/c1-10-7-11(9-12(16)8-10)14(18)17-6-4-5-13(17)15(2,3)19/h7-9,13,19H,4-6H2,1-3H3. The lowest BCUT2D eigenvalue weighted by atomic mass is 9.96. The summed E-state index contributed by atoms with van der Waals surface area (Å²) in [6.45, 7) is 6.12. The van der Waals surface area contributed by atoms with Crippen LogP contribution < -0.4 is 0 Å². The van der Waals surface area contributed by atoms with Crippen LogP contribution in [0.4, 0.5) is 0 Å². The molecule has 1 N–H and O–H groups in total. The maximum atomic E-state index is 12.6. The van der Waals surface area contributed by atoms with Gasteiger partial charge < -0.3 is 10.0 Å². The molecule has 0 spiro atoms. The molecule has 1 fully saturated rings. The predicted molar refractivity (Wildman–Crippen MR) is 76.5 cm³/mol. The molecule has 1 heterocycles. The highest BCUT2D eigenvalue weighted by Gasteiger charge is 2.38. The first-order valence-corrected chi connectivity index (χ1v) is 6.97. The number of likely N-dealkylation sites (tertiary alicyclic amines) is 1.